The summed E-state index contributed by atoms with van der Waals surface area (Å²) in [5, 5.41) is -0.364. The van der Waals surface area contributed by atoms with Crippen LogP contribution in [0.3, 0.4) is 0 Å². The van der Waals surface area contributed by atoms with Gasteiger partial charge in [0.2, 0.25) is 0 Å². The molecule has 0 unspecified atom stereocenters. The Balaban J connectivity index is 1.86. The van der Waals surface area contributed by atoms with Gasteiger partial charge in [-0.15, -0.1) is 18.3 Å². The molecule has 2 aromatic carbocycles. The molecule has 1 saturated carbocycles. The molecule has 3 heteroatoms. The van der Waals surface area contributed by atoms with Crippen LogP contribution in [0, 0.1) is 17.8 Å². The summed E-state index contributed by atoms with van der Waals surface area (Å²) >= 11 is 1.58. The highest BCUT2D eigenvalue weighted by molar-refractivity contribution is 8.00. The number of carbonyl (C=O) groups is 1. The standard InChI is InChI=1S/C27H34O2S/c1-5-23(21-12-8-6-9-13-21)26(30-22-14-10-7-11-15-22)27(28)29-25-18-20(4)16-17-24(25)19(2)3/h5-15,19-20,23-26H,1,16-18H2,2-4H3/t20-,23-,24+,25-,26-/m1/s1. The van der Waals surface area contributed by atoms with Crippen LogP contribution in [0.25, 0.3) is 0 Å². The third-order valence-corrected chi connectivity index (χ3v) is 7.52. The first kappa shape index (κ1) is 22.7. The minimum absolute atomic E-state index is 0.00126. The van der Waals surface area contributed by atoms with Crippen molar-refractivity contribution in [3.8, 4) is 0 Å². The summed E-state index contributed by atoms with van der Waals surface area (Å²) in [6.07, 6.45) is 5.21. The van der Waals surface area contributed by atoms with Gasteiger partial charge in [-0.25, -0.2) is 0 Å². The number of thioether (sulfide) groups is 1. The molecule has 160 valence electrons. The number of rotatable bonds is 8. The van der Waals surface area contributed by atoms with Gasteiger partial charge in [0.15, 0.2) is 0 Å². The van der Waals surface area contributed by atoms with E-state index in [1.54, 1.807) is 11.8 Å². The van der Waals surface area contributed by atoms with Crippen LogP contribution >= 0.6 is 11.8 Å². The summed E-state index contributed by atoms with van der Waals surface area (Å²) in [6, 6.07) is 20.3. The SMILES string of the molecule is C=C[C@H](c1ccccc1)[C@@H](Sc1ccccc1)C(=O)O[C@@H]1C[C@H](C)CC[C@H]1C(C)C. The molecule has 0 heterocycles. The molecule has 0 amide bonds. The zero-order valence-corrected chi connectivity index (χ0v) is 19.2. The van der Waals surface area contributed by atoms with E-state index in [0.29, 0.717) is 17.8 Å². The highest BCUT2D eigenvalue weighted by Gasteiger charge is 2.37. The zero-order valence-electron chi connectivity index (χ0n) is 18.4. The monoisotopic (exact) mass is 422 g/mol. The van der Waals surface area contributed by atoms with Gasteiger partial charge in [0.1, 0.15) is 11.4 Å². The second-order valence-corrected chi connectivity index (χ2v) is 10.0. The van der Waals surface area contributed by atoms with Gasteiger partial charge in [0.05, 0.1) is 0 Å². The van der Waals surface area contributed by atoms with Crippen LogP contribution in [0.1, 0.15) is 51.5 Å². The van der Waals surface area contributed by atoms with Crippen molar-refractivity contribution in [2.45, 2.75) is 62.2 Å². The van der Waals surface area contributed by atoms with Gasteiger partial charge in [-0.3, -0.25) is 4.79 Å². The summed E-state index contributed by atoms with van der Waals surface area (Å²) in [7, 11) is 0. The van der Waals surface area contributed by atoms with Gasteiger partial charge < -0.3 is 4.74 Å². The Morgan fingerprint density at radius 1 is 1.07 bits per heavy atom. The summed E-state index contributed by atoms with van der Waals surface area (Å²) < 4.78 is 6.27. The van der Waals surface area contributed by atoms with Crippen LogP contribution in [-0.2, 0) is 9.53 Å². The number of carbonyl (C=O) groups excluding carboxylic acids is 1. The maximum atomic E-state index is 13.6. The van der Waals surface area contributed by atoms with E-state index in [-0.39, 0.29) is 23.2 Å². The Kier molecular flexibility index (Phi) is 8.21. The van der Waals surface area contributed by atoms with Gasteiger partial charge in [0.25, 0.3) is 0 Å². The molecule has 0 aromatic heterocycles. The second kappa shape index (κ2) is 10.9. The number of ether oxygens (including phenoxy) is 1. The van der Waals surface area contributed by atoms with E-state index in [1.807, 2.05) is 42.5 Å². The van der Waals surface area contributed by atoms with Crippen molar-refractivity contribution in [1.29, 1.82) is 0 Å². The normalized spacial score (nSPS) is 23.5. The van der Waals surface area contributed by atoms with E-state index < -0.39 is 0 Å². The van der Waals surface area contributed by atoms with E-state index in [1.165, 1.54) is 6.42 Å². The molecule has 2 nitrogen and oxygen atoms in total. The van der Waals surface area contributed by atoms with Crippen molar-refractivity contribution < 1.29 is 9.53 Å². The molecule has 0 radical (unpaired) electrons. The number of allylic oxidation sites excluding steroid dienone is 1. The van der Waals surface area contributed by atoms with Crippen LogP contribution in [0.5, 0.6) is 0 Å². The lowest BCUT2D eigenvalue weighted by molar-refractivity contribution is -0.155. The Hall–Kier alpha value is -2.00. The molecule has 0 saturated heterocycles. The fourth-order valence-corrected chi connectivity index (χ4v) is 5.66. The second-order valence-electron chi connectivity index (χ2n) is 8.83. The Morgan fingerprint density at radius 2 is 1.70 bits per heavy atom. The first-order valence-electron chi connectivity index (χ1n) is 11.1. The van der Waals surface area contributed by atoms with Crippen LogP contribution in [0.15, 0.2) is 78.2 Å². The van der Waals surface area contributed by atoms with E-state index >= 15 is 0 Å². The molecule has 5 atom stereocenters. The molecular weight excluding hydrogens is 388 g/mol. The Labute approximate surface area is 186 Å². The molecule has 0 aliphatic heterocycles. The number of hydrogen-bond acceptors (Lipinski definition) is 3. The van der Waals surface area contributed by atoms with E-state index in [9.17, 15) is 4.79 Å². The maximum absolute atomic E-state index is 13.6. The summed E-state index contributed by atoms with van der Waals surface area (Å²) in [5.41, 5.74) is 1.09. The van der Waals surface area contributed by atoms with Gasteiger partial charge >= 0.3 is 5.97 Å². The van der Waals surface area contributed by atoms with E-state index in [4.69, 9.17) is 4.74 Å². The van der Waals surface area contributed by atoms with Crippen molar-refractivity contribution in [3.05, 3.63) is 78.9 Å². The first-order chi connectivity index (χ1) is 14.5. The molecule has 0 N–H and O–H groups in total. The molecule has 1 aliphatic rings. The molecule has 2 aromatic rings. The smallest absolute Gasteiger partial charge is 0.320 e. The highest BCUT2D eigenvalue weighted by Crippen LogP contribution is 2.39. The third-order valence-electron chi connectivity index (χ3n) is 6.23. The van der Waals surface area contributed by atoms with Crippen molar-refractivity contribution in [1.82, 2.24) is 0 Å². The van der Waals surface area contributed by atoms with Crippen LogP contribution in [0.4, 0.5) is 0 Å². The van der Waals surface area contributed by atoms with Crippen LogP contribution < -0.4 is 0 Å². The molecule has 1 aliphatic carbocycles. The number of benzene rings is 2. The van der Waals surface area contributed by atoms with Crippen molar-refractivity contribution in [3.63, 3.8) is 0 Å². The fourth-order valence-electron chi connectivity index (χ4n) is 4.49. The quantitative estimate of drug-likeness (QED) is 0.257. The van der Waals surface area contributed by atoms with Gasteiger partial charge in [0, 0.05) is 10.8 Å². The van der Waals surface area contributed by atoms with Crippen molar-refractivity contribution in [2.24, 2.45) is 17.8 Å². The summed E-state index contributed by atoms with van der Waals surface area (Å²) in [4.78, 5) is 14.6. The van der Waals surface area contributed by atoms with Crippen molar-refractivity contribution >= 4 is 17.7 Å². The zero-order chi connectivity index (χ0) is 21.5. The fraction of sp³-hybridized carbons (Fsp3) is 0.444. The topological polar surface area (TPSA) is 26.3 Å². The molecule has 0 bridgehead atoms. The van der Waals surface area contributed by atoms with Gasteiger partial charge in [-0.2, -0.15) is 0 Å². The van der Waals surface area contributed by atoms with Gasteiger partial charge in [-0.1, -0.05) is 81.8 Å². The van der Waals surface area contributed by atoms with E-state index in [2.05, 4.69) is 51.6 Å². The minimum atomic E-state index is -0.364. The van der Waals surface area contributed by atoms with E-state index in [0.717, 1.165) is 23.3 Å². The Morgan fingerprint density at radius 3 is 2.30 bits per heavy atom. The predicted octanol–water partition coefficient (Wildman–Crippen LogP) is 7.12. The molecule has 0 spiro atoms. The summed E-state index contributed by atoms with van der Waals surface area (Å²) in [6.45, 7) is 10.8. The molecule has 3 rings (SSSR count). The highest BCUT2D eigenvalue weighted by atomic mass is 32.2. The maximum Gasteiger partial charge on any atom is 0.320 e. The average Bonchev–Trinajstić information content (AvgIpc) is 2.75. The lowest BCUT2D eigenvalue weighted by atomic mass is 9.75. The van der Waals surface area contributed by atoms with Crippen LogP contribution in [0.2, 0.25) is 0 Å². The lowest BCUT2D eigenvalue weighted by Gasteiger charge is -2.37. The van der Waals surface area contributed by atoms with Crippen molar-refractivity contribution in [2.75, 3.05) is 0 Å². The molecule has 30 heavy (non-hydrogen) atoms. The first-order valence-corrected chi connectivity index (χ1v) is 12.0. The summed E-state index contributed by atoms with van der Waals surface area (Å²) in [5.74, 6) is 1.32. The Bertz CT molecular complexity index is 802. The van der Waals surface area contributed by atoms with Crippen LogP contribution in [-0.4, -0.2) is 17.3 Å². The molecule has 1 fully saturated rings. The number of hydrogen-bond donors (Lipinski definition) is 0. The number of esters is 1. The average molecular weight is 423 g/mol. The largest absolute Gasteiger partial charge is 0.461 e. The van der Waals surface area contributed by atoms with Gasteiger partial charge in [-0.05, 0) is 48.3 Å². The minimum Gasteiger partial charge on any atom is -0.461 e. The molecular formula is C27H34O2S. The predicted molar refractivity (Wildman–Crippen MR) is 127 cm³/mol. The third kappa shape index (κ3) is 5.78. The lowest BCUT2D eigenvalue weighted by Crippen LogP contribution is -2.39.